The van der Waals surface area contributed by atoms with E-state index in [2.05, 4.69) is 5.32 Å². The van der Waals surface area contributed by atoms with Crippen molar-refractivity contribution in [1.29, 1.82) is 5.26 Å². The van der Waals surface area contributed by atoms with Crippen LogP contribution < -0.4 is 5.32 Å². The molecular weight excluding hydrogens is 194 g/mol. The van der Waals surface area contributed by atoms with Gasteiger partial charge in [0.1, 0.15) is 17.3 Å². The second-order valence-electron chi connectivity index (χ2n) is 3.37. The Morgan fingerprint density at radius 1 is 1.53 bits per heavy atom. The Morgan fingerprint density at radius 2 is 2.20 bits per heavy atom. The maximum absolute atomic E-state index is 10.8. The SMILES string of the molecule is CC(C)Nc1cccc(C#N)c1[N+](=O)[O-]. The Bertz CT molecular complexity index is 421. The summed E-state index contributed by atoms with van der Waals surface area (Å²) in [7, 11) is 0. The summed E-state index contributed by atoms with van der Waals surface area (Å²) in [5.41, 5.74) is 0.299. The largest absolute Gasteiger partial charge is 0.377 e. The van der Waals surface area contributed by atoms with Crippen LogP contribution in [0.3, 0.4) is 0 Å². The molecule has 0 spiro atoms. The van der Waals surface area contributed by atoms with E-state index in [4.69, 9.17) is 5.26 Å². The van der Waals surface area contributed by atoms with Crippen molar-refractivity contribution in [3.63, 3.8) is 0 Å². The van der Waals surface area contributed by atoms with Crippen LogP contribution in [0.5, 0.6) is 0 Å². The quantitative estimate of drug-likeness (QED) is 0.606. The zero-order valence-corrected chi connectivity index (χ0v) is 8.52. The summed E-state index contributed by atoms with van der Waals surface area (Å²) in [5.74, 6) is 0. The number of anilines is 1. The van der Waals surface area contributed by atoms with Gasteiger partial charge in [0.2, 0.25) is 0 Å². The van der Waals surface area contributed by atoms with Crippen molar-refractivity contribution < 1.29 is 4.92 Å². The number of hydrogen-bond acceptors (Lipinski definition) is 4. The van der Waals surface area contributed by atoms with Crippen LogP contribution in [0.25, 0.3) is 0 Å². The van der Waals surface area contributed by atoms with Gasteiger partial charge in [-0.2, -0.15) is 5.26 Å². The van der Waals surface area contributed by atoms with E-state index < -0.39 is 4.92 Å². The molecule has 0 radical (unpaired) electrons. The second-order valence-corrected chi connectivity index (χ2v) is 3.37. The molecule has 0 saturated heterocycles. The van der Waals surface area contributed by atoms with Crippen molar-refractivity contribution in [3.05, 3.63) is 33.9 Å². The lowest BCUT2D eigenvalue weighted by molar-refractivity contribution is -0.384. The molecule has 1 aromatic carbocycles. The normalized spacial score (nSPS) is 9.73. The fraction of sp³-hybridized carbons (Fsp3) is 0.300. The van der Waals surface area contributed by atoms with E-state index in [1.807, 2.05) is 19.9 Å². The van der Waals surface area contributed by atoms with Crippen molar-refractivity contribution >= 4 is 11.4 Å². The van der Waals surface area contributed by atoms with Crippen LogP contribution in [0.2, 0.25) is 0 Å². The molecule has 0 atom stereocenters. The first kappa shape index (κ1) is 11.0. The number of nitrogens with zero attached hydrogens (tertiary/aromatic N) is 2. The number of nitro benzene ring substituents is 1. The van der Waals surface area contributed by atoms with Gasteiger partial charge in [-0.3, -0.25) is 10.1 Å². The van der Waals surface area contributed by atoms with E-state index in [-0.39, 0.29) is 17.3 Å². The van der Waals surface area contributed by atoms with Gasteiger partial charge in [0, 0.05) is 6.04 Å². The maximum Gasteiger partial charge on any atom is 0.309 e. The molecular formula is C10H11N3O2. The first-order valence-corrected chi connectivity index (χ1v) is 4.50. The molecule has 0 unspecified atom stereocenters. The molecule has 0 aliphatic rings. The van der Waals surface area contributed by atoms with Gasteiger partial charge in [-0.25, -0.2) is 0 Å². The zero-order valence-electron chi connectivity index (χ0n) is 8.52. The highest BCUT2D eigenvalue weighted by molar-refractivity contribution is 5.68. The number of nitro groups is 1. The van der Waals surface area contributed by atoms with Crippen LogP contribution in [0.4, 0.5) is 11.4 Å². The van der Waals surface area contributed by atoms with Crippen molar-refractivity contribution in [2.75, 3.05) is 5.32 Å². The molecule has 1 aromatic rings. The molecule has 78 valence electrons. The Labute approximate surface area is 87.5 Å². The number of nitriles is 1. The first-order chi connectivity index (χ1) is 7.06. The number of benzene rings is 1. The highest BCUT2D eigenvalue weighted by atomic mass is 16.6. The lowest BCUT2D eigenvalue weighted by atomic mass is 10.1. The van der Waals surface area contributed by atoms with Crippen LogP contribution in [0.15, 0.2) is 18.2 Å². The summed E-state index contributed by atoms with van der Waals surface area (Å²) in [6, 6.07) is 6.54. The predicted octanol–water partition coefficient (Wildman–Crippen LogP) is 2.29. The number of nitrogens with one attached hydrogen (secondary N) is 1. The molecule has 0 heterocycles. The van der Waals surface area contributed by atoms with E-state index in [1.54, 1.807) is 12.1 Å². The van der Waals surface area contributed by atoms with Crippen molar-refractivity contribution in [1.82, 2.24) is 0 Å². The monoisotopic (exact) mass is 205 g/mol. The van der Waals surface area contributed by atoms with E-state index in [1.165, 1.54) is 6.07 Å². The molecule has 0 aliphatic carbocycles. The summed E-state index contributed by atoms with van der Waals surface area (Å²) in [6.45, 7) is 3.76. The van der Waals surface area contributed by atoms with Crippen LogP contribution >= 0.6 is 0 Å². The summed E-state index contributed by atoms with van der Waals surface area (Å²) in [6.07, 6.45) is 0. The third-order valence-corrected chi connectivity index (χ3v) is 1.78. The lowest BCUT2D eigenvalue weighted by Crippen LogP contribution is -2.11. The zero-order chi connectivity index (χ0) is 11.4. The van der Waals surface area contributed by atoms with Gasteiger partial charge in [0.15, 0.2) is 0 Å². The molecule has 0 fully saturated rings. The Morgan fingerprint density at radius 3 is 2.67 bits per heavy atom. The molecule has 0 bridgehead atoms. The summed E-state index contributed by atoms with van der Waals surface area (Å²) in [4.78, 5) is 10.3. The van der Waals surface area contributed by atoms with Crippen LogP contribution in [-0.2, 0) is 0 Å². The van der Waals surface area contributed by atoms with Crippen LogP contribution in [0, 0.1) is 21.4 Å². The Kier molecular flexibility index (Phi) is 3.24. The van der Waals surface area contributed by atoms with Gasteiger partial charge in [-0.05, 0) is 26.0 Å². The minimum absolute atomic E-state index is 0.0747. The van der Waals surface area contributed by atoms with E-state index in [9.17, 15) is 10.1 Å². The molecule has 5 nitrogen and oxygen atoms in total. The average molecular weight is 205 g/mol. The van der Waals surface area contributed by atoms with Gasteiger partial charge in [-0.15, -0.1) is 0 Å². The van der Waals surface area contributed by atoms with Gasteiger partial charge >= 0.3 is 5.69 Å². The second kappa shape index (κ2) is 4.42. The highest BCUT2D eigenvalue weighted by Crippen LogP contribution is 2.28. The molecule has 1 N–H and O–H groups in total. The van der Waals surface area contributed by atoms with Gasteiger partial charge in [-0.1, -0.05) is 6.07 Å². The van der Waals surface area contributed by atoms with E-state index >= 15 is 0 Å². The molecule has 15 heavy (non-hydrogen) atoms. The molecule has 0 aliphatic heterocycles. The smallest absolute Gasteiger partial charge is 0.309 e. The van der Waals surface area contributed by atoms with Crippen molar-refractivity contribution in [2.45, 2.75) is 19.9 Å². The lowest BCUT2D eigenvalue weighted by Gasteiger charge is -2.10. The van der Waals surface area contributed by atoms with Gasteiger partial charge in [0.05, 0.1) is 4.92 Å². The minimum atomic E-state index is -0.538. The van der Waals surface area contributed by atoms with Gasteiger partial charge < -0.3 is 5.32 Å². The molecule has 1 rings (SSSR count). The van der Waals surface area contributed by atoms with E-state index in [0.29, 0.717) is 5.69 Å². The number of para-hydroxylation sites is 1. The topological polar surface area (TPSA) is 79.0 Å². The molecule has 0 aromatic heterocycles. The van der Waals surface area contributed by atoms with Gasteiger partial charge in [0.25, 0.3) is 0 Å². The fourth-order valence-corrected chi connectivity index (χ4v) is 1.26. The van der Waals surface area contributed by atoms with Crippen LogP contribution in [0.1, 0.15) is 19.4 Å². The van der Waals surface area contributed by atoms with Crippen molar-refractivity contribution in [2.24, 2.45) is 0 Å². The summed E-state index contributed by atoms with van der Waals surface area (Å²) in [5, 5.41) is 22.5. The first-order valence-electron chi connectivity index (χ1n) is 4.50. The Hall–Kier alpha value is -2.09. The van der Waals surface area contributed by atoms with Crippen molar-refractivity contribution in [3.8, 4) is 6.07 Å². The highest BCUT2D eigenvalue weighted by Gasteiger charge is 2.19. The molecule has 5 heteroatoms. The minimum Gasteiger partial charge on any atom is -0.377 e. The number of hydrogen-bond donors (Lipinski definition) is 1. The Balaban J connectivity index is 3.27. The van der Waals surface area contributed by atoms with Crippen LogP contribution in [-0.4, -0.2) is 11.0 Å². The average Bonchev–Trinajstić information content (AvgIpc) is 2.15. The molecule has 0 amide bonds. The summed E-state index contributed by atoms with van der Waals surface area (Å²) < 4.78 is 0. The fourth-order valence-electron chi connectivity index (χ4n) is 1.26. The van der Waals surface area contributed by atoms with E-state index in [0.717, 1.165) is 0 Å². The third-order valence-electron chi connectivity index (χ3n) is 1.78. The standard InChI is InChI=1S/C10H11N3O2/c1-7(2)12-9-5-3-4-8(6-11)10(9)13(14)15/h3-5,7,12H,1-2H3. The maximum atomic E-state index is 10.8. The number of rotatable bonds is 3. The molecule has 0 saturated carbocycles. The summed E-state index contributed by atoms with van der Waals surface area (Å²) >= 11 is 0. The third kappa shape index (κ3) is 2.44. The predicted molar refractivity (Wildman–Crippen MR) is 56.6 cm³/mol.